The molecule has 1 atom stereocenters. The van der Waals surface area contributed by atoms with Crippen molar-refractivity contribution >= 4 is 6.09 Å². The van der Waals surface area contributed by atoms with Crippen molar-refractivity contribution in [2.24, 2.45) is 5.41 Å². The Balaban J connectivity index is 2.33. The Labute approximate surface area is 84.6 Å². The summed E-state index contributed by atoms with van der Waals surface area (Å²) in [6.45, 7) is 4.24. The number of carbonyl (C=O) groups is 1. The van der Waals surface area contributed by atoms with Gasteiger partial charge in [0.2, 0.25) is 0 Å². The second-order valence-corrected chi connectivity index (χ2v) is 4.44. The van der Waals surface area contributed by atoms with Crippen LogP contribution in [0.25, 0.3) is 0 Å². The average Bonchev–Trinajstić information content (AvgIpc) is 2.43. The van der Waals surface area contributed by atoms with E-state index in [1.807, 2.05) is 0 Å². The number of hydrogen-bond donors (Lipinski definition) is 2. The Morgan fingerprint density at radius 2 is 2.36 bits per heavy atom. The van der Waals surface area contributed by atoms with Crippen LogP contribution < -0.4 is 5.32 Å². The lowest BCUT2D eigenvalue weighted by molar-refractivity contribution is 0.111. The summed E-state index contributed by atoms with van der Waals surface area (Å²) < 4.78 is 4.75. The standard InChI is InChI=1S/C10H19NO3/c1-10(2)5-3-4-8(10)11-9(13)14-7-6-12/h8,12H,3-7H2,1-2H3,(H,11,13). The first kappa shape index (κ1) is 11.3. The van der Waals surface area contributed by atoms with Crippen molar-refractivity contribution in [3.8, 4) is 0 Å². The summed E-state index contributed by atoms with van der Waals surface area (Å²) in [5, 5.41) is 11.3. The van der Waals surface area contributed by atoms with E-state index in [-0.39, 0.29) is 24.7 Å². The molecule has 1 fully saturated rings. The van der Waals surface area contributed by atoms with Crippen molar-refractivity contribution in [3.05, 3.63) is 0 Å². The molecule has 0 bridgehead atoms. The number of nitrogens with one attached hydrogen (secondary N) is 1. The van der Waals surface area contributed by atoms with Gasteiger partial charge in [-0.25, -0.2) is 4.79 Å². The van der Waals surface area contributed by atoms with Crippen molar-refractivity contribution in [1.29, 1.82) is 0 Å². The summed E-state index contributed by atoms with van der Waals surface area (Å²) in [6.07, 6.45) is 2.89. The maximum Gasteiger partial charge on any atom is 0.407 e. The molecule has 4 nitrogen and oxygen atoms in total. The number of ether oxygens (including phenoxy) is 1. The van der Waals surface area contributed by atoms with Gasteiger partial charge in [0.1, 0.15) is 6.61 Å². The number of alkyl carbamates (subject to hydrolysis) is 1. The summed E-state index contributed by atoms with van der Waals surface area (Å²) in [5.74, 6) is 0. The molecule has 1 unspecified atom stereocenters. The average molecular weight is 201 g/mol. The van der Waals surface area contributed by atoms with Crippen LogP contribution >= 0.6 is 0 Å². The van der Waals surface area contributed by atoms with E-state index in [0.717, 1.165) is 19.3 Å². The molecular formula is C10H19NO3. The molecule has 0 aromatic heterocycles. The van der Waals surface area contributed by atoms with Crippen LogP contribution in [0.1, 0.15) is 33.1 Å². The zero-order valence-corrected chi connectivity index (χ0v) is 8.88. The molecule has 1 aliphatic rings. The van der Waals surface area contributed by atoms with Gasteiger partial charge in [0.25, 0.3) is 0 Å². The molecule has 0 aliphatic heterocycles. The zero-order valence-electron chi connectivity index (χ0n) is 8.88. The maximum absolute atomic E-state index is 11.2. The third-order valence-corrected chi connectivity index (χ3v) is 2.87. The van der Waals surface area contributed by atoms with E-state index in [2.05, 4.69) is 19.2 Å². The van der Waals surface area contributed by atoms with Crippen LogP contribution in [0.4, 0.5) is 4.79 Å². The van der Waals surface area contributed by atoms with E-state index in [1.54, 1.807) is 0 Å². The number of aliphatic hydroxyl groups is 1. The van der Waals surface area contributed by atoms with Crippen molar-refractivity contribution in [2.75, 3.05) is 13.2 Å². The first-order valence-electron chi connectivity index (χ1n) is 5.10. The minimum absolute atomic E-state index is 0.0684. The highest BCUT2D eigenvalue weighted by atomic mass is 16.6. The molecule has 0 spiro atoms. The molecule has 14 heavy (non-hydrogen) atoms. The summed E-state index contributed by atoms with van der Waals surface area (Å²) in [5.41, 5.74) is 0.165. The van der Waals surface area contributed by atoms with Crippen LogP contribution in [0.3, 0.4) is 0 Å². The number of rotatable bonds is 3. The highest BCUT2D eigenvalue weighted by molar-refractivity contribution is 5.67. The Bertz CT molecular complexity index is 204. The zero-order chi connectivity index (χ0) is 10.6. The van der Waals surface area contributed by atoms with E-state index >= 15 is 0 Å². The topological polar surface area (TPSA) is 58.6 Å². The molecule has 0 aromatic rings. The van der Waals surface area contributed by atoms with Crippen LogP contribution in [-0.4, -0.2) is 30.5 Å². The predicted molar refractivity (Wildman–Crippen MR) is 53.0 cm³/mol. The van der Waals surface area contributed by atoms with E-state index in [0.29, 0.717) is 0 Å². The molecule has 1 aliphatic carbocycles. The molecule has 4 heteroatoms. The van der Waals surface area contributed by atoms with E-state index in [1.165, 1.54) is 0 Å². The van der Waals surface area contributed by atoms with Gasteiger partial charge in [-0.1, -0.05) is 20.3 Å². The minimum atomic E-state index is -0.418. The van der Waals surface area contributed by atoms with Crippen LogP contribution in [0.5, 0.6) is 0 Å². The van der Waals surface area contributed by atoms with Gasteiger partial charge >= 0.3 is 6.09 Å². The Hall–Kier alpha value is -0.770. The third-order valence-electron chi connectivity index (χ3n) is 2.87. The molecule has 1 rings (SSSR count). The highest BCUT2D eigenvalue weighted by Crippen LogP contribution is 2.37. The Kier molecular flexibility index (Phi) is 3.75. The van der Waals surface area contributed by atoms with Gasteiger partial charge in [0.05, 0.1) is 6.61 Å². The monoisotopic (exact) mass is 201 g/mol. The number of carbonyl (C=O) groups excluding carboxylic acids is 1. The van der Waals surface area contributed by atoms with Gasteiger partial charge in [0.15, 0.2) is 0 Å². The van der Waals surface area contributed by atoms with E-state index < -0.39 is 6.09 Å². The van der Waals surface area contributed by atoms with Crippen molar-refractivity contribution < 1.29 is 14.6 Å². The summed E-state index contributed by atoms with van der Waals surface area (Å²) in [6, 6.07) is 0.202. The summed E-state index contributed by atoms with van der Waals surface area (Å²) in [7, 11) is 0. The molecule has 82 valence electrons. The lowest BCUT2D eigenvalue weighted by Gasteiger charge is -2.27. The van der Waals surface area contributed by atoms with Gasteiger partial charge in [0, 0.05) is 6.04 Å². The number of aliphatic hydroxyl groups excluding tert-OH is 1. The van der Waals surface area contributed by atoms with Crippen LogP contribution in [-0.2, 0) is 4.74 Å². The van der Waals surface area contributed by atoms with Gasteiger partial charge in [-0.05, 0) is 18.3 Å². The van der Waals surface area contributed by atoms with Crippen LogP contribution in [0.15, 0.2) is 0 Å². The Morgan fingerprint density at radius 1 is 1.64 bits per heavy atom. The summed E-state index contributed by atoms with van der Waals surface area (Å²) in [4.78, 5) is 11.2. The third kappa shape index (κ3) is 2.87. The normalized spacial score (nSPS) is 24.6. The smallest absolute Gasteiger partial charge is 0.407 e. The van der Waals surface area contributed by atoms with Gasteiger partial charge in [-0.2, -0.15) is 0 Å². The Morgan fingerprint density at radius 3 is 2.86 bits per heavy atom. The number of hydrogen-bond acceptors (Lipinski definition) is 3. The molecule has 0 aromatic carbocycles. The highest BCUT2D eigenvalue weighted by Gasteiger charge is 2.35. The first-order chi connectivity index (χ1) is 6.56. The SMILES string of the molecule is CC1(C)CCCC1NC(=O)OCCO. The fraction of sp³-hybridized carbons (Fsp3) is 0.900. The fourth-order valence-electron chi connectivity index (χ4n) is 1.92. The summed E-state index contributed by atoms with van der Waals surface area (Å²) >= 11 is 0. The van der Waals surface area contributed by atoms with Gasteiger partial charge in [-0.3, -0.25) is 0 Å². The molecule has 0 radical (unpaired) electrons. The largest absolute Gasteiger partial charge is 0.447 e. The maximum atomic E-state index is 11.2. The molecule has 1 amide bonds. The quantitative estimate of drug-likeness (QED) is 0.723. The second-order valence-electron chi connectivity index (χ2n) is 4.44. The second kappa shape index (κ2) is 4.64. The molecular weight excluding hydrogens is 182 g/mol. The van der Waals surface area contributed by atoms with E-state index in [9.17, 15) is 4.79 Å². The molecule has 0 saturated heterocycles. The van der Waals surface area contributed by atoms with Crippen LogP contribution in [0.2, 0.25) is 0 Å². The molecule has 2 N–H and O–H groups in total. The lowest BCUT2D eigenvalue weighted by atomic mass is 9.87. The fourth-order valence-corrected chi connectivity index (χ4v) is 1.92. The predicted octanol–water partition coefficient (Wildman–Crippen LogP) is 1.28. The van der Waals surface area contributed by atoms with Crippen LogP contribution in [0, 0.1) is 5.41 Å². The minimum Gasteiger partial charge on any atom is -0.447 e. The first-order valence-corrected chi connectivity index (χ1v) is 5.10. The van der Waals surface area contributed by atoms with E-state index in [4.69, 9.17) is 9.84 Å². The molecule has 1 saturated carbocycles. The molecule has 0 heterocycles. The van der Waals surface area contributed by atoms with Gasteiger partial charge in [-0.15, -0.1) is 0 Å². The lowest BCUT2D eigenvalue weighted by Crippen LogP contribution is -2.41. The van der Waals surface area contributed by atoms with Gasteiger partial charge < -0.3 is 15.2 Å². The van der Waals surface area contributed by atoms with Crippen molar-refractivity contribution in [1.82, 2.24) is 5.32 Å². The number of amides is 1. The van der Waals surface area contributed by atoms with Crippen molar-refractivity contribution in [3.63, 3.8) is 0 Å². The van der Waals surface area contributed by atoms with Crippen molar-refractivity contribution in [2.45, 2.75) is 39.2 Å².